The van der Waals surface area contributed by atoms with Gasteiger partial charge in [0.2, 0.25) is 0 Å². The van der Waals surface area contributed by atoms with Crippen LogP contribution in [0.25, 0.3) is 0 Å². The van der Waals surface area contributed by atoms with E-state index in [2.05, 4.69) is 4.98 Å². The van der Waals surface area contributed by atoms with Crippen molar-refractivity contribution in [3.8, 4) is 5.75 Å². The van der Waals surface area contributed by atoms with E-state index in [1.807, 2.05) is 6.07 Å². The van der Waals surface area contributed by atoms with Crippen LogP contribution in [0.4, 0.5) is 0 Å². The largest absolute Gasteiger partial charge is 0.491 e. The molecule has 1 heterocycles. The van der Waals surface area contributed by atoms with Crippen molar-refractivity contribution in [1.82, 2.24) is 4.98 Å². The molecule has 108 valence electrons. The van der Waals surface area contributed by atoms with Gasteiger partial charge in [0.1, 0.15) is 12.4 Å². The summed E-state index contributed by atoms with van der Waals surface area (Å²) >= 11 is 0. The Hall–Kier alpha value is -1.14. The zero-order valence-corrected chi connectivity index (χ0v) is 12.5. The van der Waals surface area contributed by atoms with Crippen LogP contribution < -0.4 is 10.5 Å². The number of aromatic nitrogens is 1. The summed E-state index contributed by atoms with van der Waals surface area (Å²) in [4.78, 5) is 4.18. The van der Waals surface area contributed by atoms with E-state index in [1.165, 1.54) is 0 Å². The third-order valence-corrected chi connectivity index (χ3v) is 5.32. The SMILES string of the molecule is CC(C)(C)S(=O)(=O)CCOc1ccc(CCN)nc1. The number of pyridine rings is 1. The molecule has 0 aliphatic rings. The van der Waals surface area contributed by atoms with E-state index in [1.54, 1.807) is 33.0 Å². The molecule has 19 heavy (non-hydrogen) atoms. The summed E-state index contributed by atoms with van der Waals surface area (Å²) in [6.45, 7) is 5.75. The highest BCUT2D eigenvalue weighted by Crippen LogP contribution is 2.16. The van der Waals surface area contributed by atoms with Crippen LogP contribution in [0.15, 0.2) is 18.3 Å². The molecule has 2 N–H and O–H groups in total. The van der Waals surface area contributed by atoms with Crippen molar-refractivity contribution in [1.29, 1.82) is 0 Å². The number of nitrogens with zero attached hydrogens (tertiary/aromatic N) is 1. The molecular weight excluding hydrogens is 264 g/mol. The number of ether oxygens (including phenoxy) is 1. The maximum absolute atomic E-state index is 11.9. The summed E-state index contributed by atoms with van der Waals surface area (Å²) in [5.74, 6) is 0.575. The van der Waals surface area contributed by atoms with E-state index in [4.69, 9.17) is 10.5 Å². The Morgan fingerprint density at radius 1 is 1.32 bits per heavy atom. The molecule has 5 nitrogen and oxygen atoms in total. The van der Waals surface area contributed by atoms with Gasteiger partial charge in [0.05, 0.1) is 16.7 Å². The van der Waals surface area contributed by atoms with Gasteiger partial charge in [-0.25, -0.2) is 8.42 Å². The molecule has 0 radical (unpaired) electrons. The predicted molar refractivity (Wildman–Crippen MR) is 76.0 cm³/mol. The molecule has 0 aliphatic heterocycles. The van der Waals surface area contributed by atoms with Crippen molar-refractivity contribution in [2.24, 2.45) is 5.73 Å². The highest BCUT2D eigenvalue weighted by molar-refractivity contribution is 7.92. The van der Waals surface area contributed by atoms with E-state index < -0.39 is 14.6 Å². The first-order valence-corrected chi connectivity index (χ1v) is 7.91. The lowest BCUT2D eigenvalue weighted by atomic mass is 10.3. The molecule has 0 spiro atoms. The van der Waals surface area contributed by atoms with Crippen LogP contribution in [-0.2, 0) is 16.3 Å². The van der Waals surface area contributed by atoms with Gasteiger partial charge < -0.3 is 10.5 Å². The van der Waals surface area contributed by atoms with Crippen LogP contribution in [0.5, 0.6) is 5.75 Å². The average Bonchev–Trinajstić information content (AvgIpc) is 2.30. The molecule has 6 heteroatoms. The van der Waals surface area contributed by atoms with Crippen molar-refractivity contribution in [3.05, 3.63) is 24.0 Å². The second-order valence-electron chi connectivity index (χ2n) is 5.30. The summed E-state index contributed by atoms with van der Waals surface area (Å²) in [7, 11) is -3.15. The molecule has 0 fully saturated rings. The highest BCUT2D eigenvalue weighted by atomic mass is 32.2. The third kappa shape index (κ3) is 4.80. The van der Waals surface area contributed by atoms with Crippen LogP contribution in [0.2, 0.25) is 0 Å². The van der Waals surface area contributed by atoms with E-state index >= 15 is 0 Å². The molecular formula is C13H22N2O3S. The van der Waals surface area contributed by atoms with Crippen molar-refractivity contribution in [2.45, 2.75) is 31.9 Å². The lowest BCUT2D eigenvalue weighted by Gasteiger charge is -2.19. The molecule has 1 aromatic heterocycles. The smallest absolute Gasteiger partial charge is 0.158 e. The maximum Gasteiger partial charge on any atom is 0.158 e. The normalized spacial score (nSPS) is 12.4. The first kappa shape index (κ1) is 15.9. The number of rotatable bonds is 6. The standard InChI is InChI=1S/C13H22N2O3S/c1-13(2,3)19(16,17)9-8-18-12-5-4-11(6-7-14)15-10-12/h4-5,10H,6-9,14H2,1-3H3. The Morgan fingerprint density at radius 3 is 2.47 bits per heavy atom. The molecule has 0 saturated carbocycles. The minimum Gasteiger partial charge on any atom is -0.491 e. The van der Waals surface area contributed by atoms with Crippen molar-refractivity contribution in [3.63, 3.8) is 0 Å². The first-order chi connectivity index (χ1) is 8.76. The Labute approximate surface area is 115 Å². The topological polar surface area (TPSA) is 82.3 Å². The average molecular weight is 286 g/mol. The number of nitrogens with two attached hydrogens (primary N) is 1. The molecule has 0 aromatic carbocycles. The van der Waals surface area contributed by atoms with Gasteiger partial charge in [-0.05, 0) is 39.4 Å². The monoisotopic (exact) mass is 286 g/mol. The molecule has 0 unspecified atom stereocenters. The van der Waals surface area contributed by atoms with Gasteiger partial charge in [-0.15, -0.1) is 0 Å². The van der Waals surface area contributed by atoms with Crippen LogP contribution in [0, 0.1) is 0 Å². The van der Waals surface area contributed by atoms with Gasteiger partial charge in [0.15, 0.2) is 9.84 Å². The lowest BCUT2D eigenvalue weighted by Crippen LogP contribution is -2.32. The number of hydrogen-bond donors (Lipinski definition) is 1. The molecule has 0 saturated heterocycles. The van der Waals surface area contributed by atoms with Crippen molar-refractivity contribution >= 4 is 9.84 Å². The van der Waals surface area contributed by atoms with Crippen molar-refractivity contribution < 1.29 is 13.2 Å². The first-order valence-electron chi connectivity index (χ1n) is 6.26. The fraction of sp³-hybridized carbons (Fsp3) is 0.615. The Balaban J connectivity index is 2.50. The molecule has 1 rings (SSSR count). The lowest BCUT2D eigenvalue weighted by molar-refractivity contribution is 0.338. The predicted octanol–water partition coefficient (Wildman–Crippen LogP) is 1.17. The van der Waals surface area contributed by atoms with Crippen molar-refractivity contribution in [2.75, 3.05) is 18.9 Å². The maximum atomic E-state index is 11.9. The number of sulfone groups is 1. The molecule has 0 atom stereocenters. The summed E-state index contributed by atoms with van der Waals surface area (Å²) in [6.07, 6.45) is 2.31. The highest BCUT2D eigenvalue weighted by Gasteiger charge is 2.28. The van der Waals surface area contributed by atoms with E-state index in [0.29, 0.717) is 12.3 Å². The minimum absolute atomic E-state index is 0.00104. The summed E-state index contributed by atoms with van der Waals surface area (Å²) in [5, 5.41) is 0. The molecule has 1 aromatic rings. The summed E-state index contributed by atoms with van der Waals surface area (Å²) < 4.78 is 28.4. The molecule has 0 amide bonds. The Bertz CT molecular complexity index is 490. The Kier molecular flexibility index (Phi) is 5.31. The quantitative estimate of drug-likeness (QED) is 0.849. The zero-order valence-electron chi connectivity index (χ0n) is 11.7. The van der Waals surface area contributed by atoms with Gasteiger partial charge in [-0.3, -0.25) is 4.98 Å². The zero-order chi connectivity index (χ0) is 14.5. The van der Waals surface area contributed by atoms with Gasteiger partial charge in [-0.2, -0.15) is 0 Å². The van der Waals surface area contributed by atoms with Gasteiger partial charge in [0, 0.05) is 12.1 Å². The number of hydrogen-bond acceptors (Lipinski definition) is 5. The second-order valence-corrected chi connectivity index (χ2v) is 8.17. The molecule has 0 bridgehead atoms. The van der Waals surface area contributed by atoms with E-state index in [-0.39, 0.29) is 12.4 Å². The molecule has 0 aliphatic carbocycles. The van der Waals surface area contributed by atoms with Gasteiger partial charge in [-0.1, -0.05) is 0 Å². The van der Waals surface area contributed by atoms with Crippen LogP contribution >= 0.6 is 0 Å². The van der Waals surface area contributed by atoms with Crippen LogP contribution in [0.3, 0.4) is 0 Å². The van der Waals surface area contributed by atoms with E-state index in [0.717, 1.165) is 12.1 Å². The fourth-order valence-corrected chi connectivity index (χ4v) is 2.28. The summed E-state index contributed by atoms with van der Waals surface area (Å²) in [5.41, 5.74) is 6.33. The van der Waals surface area contributed by atoms with E-state index in [9.17, 15) is 8.42 Å². The minimum atomic E-state index is -3.15. The van der Waals surface area contributed by atoms with Crippen LogP contribution in [0.1, 0.15) is 26.5 Å². The third-order valence-electron chi connectivity index (χ3n) is 2.75. The fourth-order valence-electron chi connectivity index (χ4n) is 1.37. The van der Waals surface area contributed by atoms with Gasteiger partial charge >= 0.3 is 0 Å². The van der Waals surface area contributed by atoms with Crippen LogP contribution in [-0.4, -0.2) is 37.1 Å². The Morgan fingerprint density at radius 2 is 2.00 bits per heavy atom. The second kappa shape index (κ2) is 6.34. The summed E-state index contributed by atoms with van der Waals surface area (Å²) in [6, 6.07) is 3.61. The van der Waals surface area contributed by atoms with Gasteiger partial charge in [0.25, 0.3) is 0 Å².